The predicted molar refractivity (Wildman–Crippen MR) is 80.2 cm³/mol. The normalized spacial score (nSPS) is 12.7. The van der Waals surface area contributed by atoms with Crippen molar-refractivity contribution in [1.29, 1.82) is 0 Å². The van der Waals surface area contributed by atoms with Gasteiger partial charge in [-0.1, -0.05) is 11.6 Å². The molecule has 0 amide bonds. The molecule has 0 saturated heterocycles. The predicted octanol–water partition coefficient (Wildman–Crippen LogP) is 3.71. The molecule has 1 atom stereocenters. The van der Waals surface area contributed by atoms with Gasteiger partial charge in [0.15, 0.2) is 0 Å². The Morgan fingerprint density at radius 1 is 1.42 bits per heavy atom. The standard InChI is InChI=1S/C13H16ClN3OS/c1-8(2)17-13(18)12(14)11(6-15-17)16-9(3)10-4-5-19-7-10/h4-9,16H,1-3H3. The maximum atomic E-state index is 12.0. The second-order valence-corrected chi connectivity index (χ2v) is 5.80. The molecule has 1 N–H and O–H groups in total. The Hall–Kier alpha value is -1.33. The first-order chi connectivity index (χ1) is 9.00. The molecule has 102 valence electrons. The lowest BCUT2D eigenvalue weighted by atomic mass is 10.2. The summed E-state index contributed by atoms with van der Waals surface area (Å²) < 4.78 is 1.38. The van der Waals surface area contributed by atoms with Gasteiger partial charge in [0.1, 0.15) is 5.02 Å². The summed E-state index contributed by atoms with van der Waals surface area (Å²) in [6.45, 7) is 5.81. The fourth-order valence-corrected chi connectivity index (χ4v) is 2.70. The first-order valence-electron chi connectivity index (χ1n) is 6.06. The summed E-state index contributed by atoms with van der Waals surface area (Å²) >= 11 is 7.75. The van der Waals surface area contributed by atoms with Gasteiger partial charge < -0.3 is 5.32 Å². The van der Waals surface area contributed by atoms with Crippen LogP contribution < -0.4 is 10.9 Å². The van der Waals surface area contributed by atoms with Crippen LogP contribution in [0.25, 0.3) is 0 Å². The van der Waals surface area contributed by atoms with Crippen molar-refractivity contribution in [3.8, 4) is 0 Å². The summed E-state index contributed by atoms with van der Waals surface area (Å²) in [6.07, 6.45) is 1.60. The number of thiophene rings is 1. The van der Waals surface area contributed by atoms with E-state index in [4.69, 9.17) is 11.6 Å². The van der Waals surface area contributed by atoms with Crippen molar-refractivity contribution in [3.05, 3.63) is 44.0 Å². The largest absolute Gasteiger partial charge is 0.376 e. The molecule has 0 bridgehead atoms. The monoisotopic (exact) mass is 297 g/mol. The molecule has 0 saturated carbocycles. The van der Waals surface area contributed by atoms with Gasteiger partial charge in [-0.3, -0.25) is 4.79 Å². The molecule has 2 aromatic rings. The van der Waals surface area contributed by atoms with Gasteiger partial charge in [0, 0.05) is 6.04 Å². The minimum Gasteiger partial charge on any atom is -0.376 e. The summed E-state index contributed by atoms with van der Waals surface area (Å²) in [6, 6.07) is 2.12. The summed E-state index contributed by atoms with van der Waals surface area (Å²) in [5.74, 6) is 0. The van der Waals surface area contributed by atoms with Crippen LogP contribution in [0.2, 0.25) is 5.02 Å². The maximum Gasteiger partial charge on any atom is 0.287 e. The van der Waals surface area contributed by atoms with Crippen LogP contribution in [0.1, 0.15) is 38.4 Å². The van der Waals surface area contributed by atoms with Crippen LogP contribution >= 0.6 is 22.9 Å². The molecule has 2 rings (SSSR count). The Bertz CT molecular complexity index is 607. The van der Waals surface area contributed by atoms with E-state index in [0.717, 1.165) is 5.56 Å². The van der Waals surface area contributed by atoms with Crippen LogP contribution in [-0.4, -0.2) is 9.78 Å². The van der Waals surface area contributed by atoms with Crippen molar-refractivity contribution < 1.29 is 0 Å². The third-order valence-corrected chi connectivity index (χ3v) is 3.91. The Kier molecular flexibility index (Phi) is 4.27. The quantitative estimate of drug-likeness (QED) is 0.936. The summed E-state index contributed by atoms with van der Waals surface area (Å²) in [7, 11) is 0. The van der Waals surface area contributed by atoms with Crippen LogP contribution in [0.15, 0.2) is 27.8 Å². The van der Waals surface area contributed by atoms with E-state index in [-0.39, 0.29) is 22.7 Å². The van der Waals surface area contributed by atoms with Crippen LogP contribution in [0.5, 0.6) is 0 Å². The van der Waals surface area contributed by atoms with Gasteiger partial charge in [-0.2, -0.15) is 16.4 Å². The van der Waals surface area contributed by atoms with Gasteiger partial charge in [0.05, 0.1) is 17.9 Å². The zero-order valence-corrected chi connectivity index (χ0v) is 12.6. The number of halogens is 1. The molecule has 0 aliphatic carbocycles. The van der Waals surface area contributed by atoms with Crippen molar-refractivity contribution in [3.63, 3.8) is 0 Å². The van der Waals surface area contributed by atoms with E-state index in [1.54, 1.807) is 17.5 Å². The molecular weight excluding hydrogens is 282 g/mol. The number of nitrogens with zero attached hydrogens (tertiary/aromatic N) is 2. The molecule has 6 heteroatoms. The number of anilines is 1. The molecular formula is C13H16ClN3OS. The minimum atomic E-state index is -0.265. The van der Waals surface area contributed by atoms with E-state index in [2.05, 4.69) is 15.8 Å². The third-order valence-electron chi connectivity index (χ3n) is 2.85. The van der Waals surface area contributed by atoms with E-state index in [0.29, 0.717) is 5.69 Å². The summed E-state index contributed by atoms with van der Waals surface area (Å²) in [5, 5.41) is 11.6. The van der Waals surface area contributed by atoms with Crippen LogP contribution in [0.3, 0.4) is 0 Å². The van der Waals surface area contributed by atoms with E-state index < -0.39 is 0 Å². The highest BCUT2D eigenvalue weighted by Gasteiger charge is 2.13. The number of nitrogens with one attached hydrogen (secondary N) is 1. The highest BCUT2D eigenvalue weighted by molar-refractivity contribution is 7.08. The average Bonchev–Trinajstić information content (AvgIpc) is 2.88. The van der Waals surface area contributed by atoms with Crippen LogP contribution in [-0.2, 0) is 0 Å². The molecule has 19 heavy (non-hydrogen) atoms. The molecule has 0 aromatic carbocycles. The first-order valence-corrected chi connectivity index (χ1v) is 7.38. The number of rotatable bonds is 4. The highest BCUT2D eigenvalue weighted by atomic mass is 35.5. The van der Waals surface area contributed by atoms with Gasteiger partial charge in [-0.25, -0.2) is 4.68 Å². The molecule has 0 aliphatic heterocycles. The number of aromatic nitrogens is 2. The van der Waals surface area contributed by atoms with Crippen molar-refractivity contribution in [2.24, 2.45) is 0 Å². The maximum absolute atomic E-state index is 12.0. The Balaban J connectivity index is 2.27. The molecule has 1 unspecified atom stereocenters. The Morgan fingerprint density at radius 3 is 2.74 bits per heavy atom. The van der Waals surface area contributed by atoms with Gasteiger partial charge in [0.25, 0.3) is 5.56 Å². The van der Waals surface area contributed by atoms with Crippen LogP contribution in [0.4, 0.5) is 5.69 Å². The van der Waals surface area contributed by atoms with Crippen molar-refractivity contribution in [2.75, 3.05) is 5.32 Å². The van der Waals surface area contributed by atoms with Gasteiger partial charge in [-0.05, 0) is 43.2 Å². The topological polar surface area (TPSA) is 46.9 Å². The smallest absolute Gasteiger partial charge is 0.287 e. The zero-order valence-electron chi connectivity index (χ0n) is 11.1. The molecule has 4 nitrogen and oxygen atoms in total. The Morgan fingerprint density at radius 2 is 2.16 bits per heavy atom. The average molecular weight is 298 g/mol. The van der Waals surface area contributed by atoms with Crippen molar-refractivity contribution in [2.45, 2.75) is 32.9 Å². The molecule has 2 aromatic heterocycles. The molecule has 0 aliphatic rings. The van der Waals surface area contributed by atoms with E-state index in [1.165, 1.54) is 4.68 Å². The molecule has 0 fully saturated rings. The van der Waals surface area contributed by atoms with Gasteiger partial charge in [-0.15, -0.1) is 0 Å². The highest BCUT2D eigenvalue weighted by Crippen LogP contribution is 2.24. The summed E-state index contributed by atoms with van der Waals surface area (Å²) in [5.41, 5.74) is 1.47. The lowest BCUT2D eigenvalue weighted by Crippen LogP contribution is -2.26. The second kappa shape index (κ2) is 5.75. The lowest BCUT2D eigenvalue weighted by molar-refractivity contribution is 0.503. The SMILES string of the molecule is CC(Nc1cnn(C(C)C)c(=O)c1Cl)c1ccsc1. The molecule has 0 radical (unpaired) electrons. The second-order valence-electron chi connectivity index (χ2n) is 4.64. The fraction of sp³-hybridized carbons (Fsp3) is 0.385. The van der Waals surface area contributed by atoms with Gasteiger partial charge >= 0.3 is 0 Å². The Labute approximate surface area is 121 Å². The van der Waals surface area contributed by atoms with E-state index in [9.17, 15) is 4.79 Å². The van der Waals surface area contributed by atoms with E-state index >= 15 is 0 Å². The number of hydrogen-bond acceptors (Lipinski definition) is 4. The molecule has 0 spiro atoms. The fourth-order valence-electron chi connectivity index (χ4n) is 1.75. The number of hydrogen-bond donors (Lipinski definition) is 1. The van der Waals surface area contributed by atoms with Crippen molar-refractivity contribution >= 4 is 28.6 Å². The van der Waals surface area contributed by atoms with Crippen molar-refractivity contribution in [1.82, 2.24) is 9.78 Å². The first kappa shape index (κ1) is 14.1. The third kappa shape index (κ3) is 2.98. The molecule has 2 heterocycles. The summed E-state index contributed by atoms with van der Waals surface area (Å²) in [4.78, 5) is 12.0. The zero-order chi connectivity index (χ0) is 14.0. The van der Waals surface area contributed by atoms with Gasteiger partial charge in [0.2, 0.25) is 0 Å². The van der Waals surface area contributed by atoms with Crippen LogP contribution in [0, 0.1) is 0 Å². The lowest BCUT2D eigenvalue weighted by Gasteiger charge is -2.16. The minimum absolute atomic E-state index is 0.00616. The van der Waals surface area contributed by atoms with E-state index in [1.807, 2.05) is 32.2 Å².